The number of aromatic nitrogens is 3. The van der Waals surface area contributed by atoms with Gasteiger partial charge in [-0.1, -0.05) is 6.07 Å². The molecule has 0 fully saturated rings. The number of nitrogens with two attached hydrogens (primary N) is 1. The van der Waals surface area contributed by atoms with Gasteiger partial charge in [-0.2, -0.15) is 15.0 Å². The van der Waals surface area contributed by atoms with E-state index >= 15 is 0 Å². The maximum Gasteiger partial charge on any atom is 0.322 e. The van der Waals surface area contributed by atoms with Gasteiger partial charge in [0.15, 0.2) is 0 Å². The van der Waals surface area contributed by atoms with Crippen LogP contribution < -0.4 is 15.8 Å². The summed E-state index contributed by atoms with van der Waals surface area (Å²) in [7, 11) is 1.47. The van der Waals surface area contributed by atoms with Gasteiger partial charge in [-0.25, -0.2) is 0 Å². The third kappa shape index (κ3) is 2.86. The lowest BCUT2D eigenvalue weighted by molar-refractivity contribution is 0.380. The van der Waals surface area contributed by atoms with Gasteiger partial charge in [0.05, 0.1) is 12.8 Å². The van der Waals surface area contributed by atoms with E-state index in [1.807, 2.05) is 25.1 Å². The third-order valence-electron chi connectivity index (χ3n) is 2.19. The van der Waals surface area contributed by atoms with E-state index in [0.717, 1.165) is 15.7 Å². The summed E-state index contributed by atoms with van der Waals surface area (Å²) in [5.41, 5.74) is 7.55. The van der Waals surface area contributed by atoms with E-state index in [1.165, 1.54) is 7.11 Å². The number of aryl methyl sites for hydroxylation is 1. The van der Waals surface area contributed by atoms with Crippen LogP contribution in [0.4, 0.5) is 17.6 Å². The average Bonchev–Trinajstić information content (AvgIpc) is 2.32. The molecule has 0 radical (unpaired) electrons. The Labute approximate surface area is 113 Å². The van der Waals surface area contributed by atoms with Crippen molar-refractivity contribution >= 4 is 33.5 Å². The largest absolute Gasteiger partial charge is 0.467 e. The molecule has 0 aliphatic carbocycles. The van der Waals surface area contributed by atoms with Gasteiger partial charge in [-0.15, -0.1) is 0 Å². The molecule has 94 valence electrons. The van der Waals surface area contributed by atoms with Crippen LogP contribution >= 0.6 is 15.9 Å². The fraction of sp³-hybridized carbons (Fsp3) is 0.182. The minimum atomic E-state index is 0.104. The quantitative estimate of drug-likeness (QED) is 0.904. The second-order valence-electron chi connectivity index (χ2n) is 3.61. The highest BCUT2D eigenvalue weighted by molar-refractivity contribution is 9.10. The normalized spacial score (nSPS) is 10.2. The summed E-state index contributed by atoms with van der Waals surface area (Å²) in [4.78, 5) is 11.9. The molecule has 0 amide bonds. The first-order chi connectivity index (χ1) is 8.58. The topological polar surface area (TPSA) is 86.0 Å². The Morgan fingerprint density at radius 2 is 2.06 bits per heavy atom. The number of nitrogens with zero attached hydrogens (tertiary/aromatic N) is 3. The van der Waals surface area contributed by atoms with Crippen LogP contribution in [0, 0.1) is 6.92 Å². The van der Waals surface area contributed by atoms with E-state index in [0.29, 0.717) is 5.95 Å². The molecule has 6 nitrogen and oxygen atoms in total. The van der Waals surface area contributed by atoms with Crippen LogP contribution in [-0.4, -0.2) is 22.1 Å². The lowest BCUT2D eigenvalue weighted by atomic mass is 10.2. The number of nitrogen functional groups attached to an aromatic ring is 1. The van der Waals surface area contributed by atoms with Crippen molar-refractivity contribution in [2.24, 2.45) is 0 Å². The van der Waals surface area contributed by atoms with Crippen molar-refractivity contribution in [3.8, 4) is 6.01 Å². The molecule has 0 aliphatic heterocycles. The number of hydrogen-bond acceptors (Lipinski definition) is 6. The van der Waals surface area contributed by atoms with Gasteiger partial charge in [-0.05, 0) is 40.5 Å². The maximum absolute atomic E-state index is 5.56. The Bertz CT molecular complexity index is 575. The average molecular weight is 310 g/mol. The van der Waals surface area contributed by atoms with E-state index in [9.17, 15) is 0 Å². The number of benzene rings is 1. The Morgan fingerprint density at radius 3 is 2.72 bits per heavy atom. The highest BCUT2D eigenvalue weighted by Crippen LogP contribution is 2.25. The summed E-state index contributed by atoms with van der Waals surface area (Å²) in [5.74, 6) is 0.441. The number of ether oxygens (including phenoxy) is 1. The predicted molar refractivity (Wildman–Crippen MR) is 73.0 cm³/mol. The first kappa shape index (κ1) is 12.6. The van der Waals surface area contributed by atoms with Gasteiger partial charge >= 0.3 is 6.01 Å². The second kappa shape index (κ2) is 5.18. The predicted octanol–water partition coefficient (Wildman–Crippen LogP) is 2.28. The lowest BCUT2D eigenvalue weighted by Crippen LogP contribution is -2.05. The number of nitrogens with one attached hydrogen (secondary N) is 1. The van der Waals surface area contributed by atoms with Crippen LogP contribution in [0.3, 0.4) is 0 Å². The van der Waals surface area contributed by atoms with Crippen molar-refractivity contribution < 1.29 is 4.74 Å². The molecule has 1 heterocycles. The highest BCUT2D eigenvalue weighted by atomic mass is 79.9. The third-order valence-corrected chi connectivity index (χ3v) is 2.84. The maximum atomic E-state index is 5.56. The summed E-state index contributed by atoms with van der Waals surface area (Å²) < 4.78 is 5.85. The smallest absolute Gasteiger partial charge is 0.322 e. The van der Waals surface area contributed by atoms with Gasteiger partial charge in [0.1, 0.15) is 0 Å². The van der Waals surface area contributed by atoms with Crippen LogP contribution in [0.5, 0.6) is 6.01 Å². The molecule has 0 aliphatic rings. The first-order valence-electron chi connectivity index (χ1n) is 5.17. The van der Waals surface area contributed by atoms with Crippen molar-refractivity contribution in [2.75, 3.05) is 18.2 Å². The Balaban J connectivity index is 2.30. The molecule has 3 N–H and O–H groups in total. The molecule has 7 heteroatoms. The van der Waals surface area contributed by atoms with Gasteiger partial charge < -0.3 is 15.8 Å². The molecule has 18 heavy (non-hydrogen) atoms. The summed E-state index contributed by atoms with van der Waals surface area (Å²) in [6.07, 6.45) is 0. The summed E-state index contributed by atoms with van der Waals surface area (Å²) in [5, 5.41) is 3.05. The highest BCUT2D eigenvalue weighted by Gasteiger charge is 2.06. The van der Waals surface area contributed by atoms with Crippen molar-refractivity contribution in [1.29, 1.82) is 0 Å². The number of methoxy groups -OCH3 is 1. The Kier molecular flexibility index (Phi) is 3.61. The SMILES string of the molecule is COc1nc(N)nc(Nc2ccc(C)cc2Br)n1. The van der Waals surface area contributed by atoms with Crippen molar-refractivity contribution in [3.05, 3.63) is 28.2 Å². The zero-order valence-electron chi connectivity index (χ0n) is 9.94. The van der Waals surface area contributed by atoms with Gasteiger partial charge in [0.2, 0.25) is 11.9 Å². The lowest BCUT2D eigenvalue weighted by Gasteiger charge is -2.08. The zero-order valence-corrected chi connectivity index (χ0v) is 11.5. The van der Waals surface area contributed by atoms with Crippen LogP contribution in [0.2, 0.25) is 0 Å². The number of halogens is 1. The summed E-state index contributed by atoms with van der Waals surface area (Å²) >= 11 is 3.46. The first-order valence-corrected chi connectivity index (χ1v) is 5.96. The number of anilines is 3. The van der Waals surface area contributed by atoms with Crippen LogP contribution in [0.15, 0.2) is 22.7 Å². The monoisotopic (exact) mass is 309 g/mol. The molecule has 2 aromatic rings. The minimum absolute atomic E-state index is 0.104. The molecule has 1 aromatic carbocycles. The molecule has 0 bridgehead atoms. The molecule has 0 saturated carbocycles. The van der Waals surface area contributed by atoms with E-state index in [2.05, 4.69) is 36.2 Å². The Morgan fingerprint density at radius 1 is 1.28 bits per heavy atom. The molecule has 0 saturated heterocycles. The van der Waals surface area contributed by atoms with Crippen LogP contribution in [-0.2, 0) is 0 Å². The second-order valence-corrected chi connectivity index (χ2v) is 4.47. The minimum Gasteiger partial charge on any atom is -0.467 e. The van der Waals surface area contributed by atoms with E-state index in [4.69, 9.17) is 10.5 Å². The molecule has 0 spiro atoms. The zero-order chi connectivity index (χ0) is 13.1. The molecule has 2 rings (SSSR count). The van der Waals surface area contributed by atoms with Gasteiger partial charge in [0.25, 0.3) is 0 Å². The van der Waals surface area contributed by atoms with Crippen LogP contribution in [0.1, 0.15) is 5.56 Å². The molecular weight excluding hydrogens is 298 g/mol. The van der Waals surface area contributed by atoms with Crippen molar-refractivity contribution in [3.63, 3.8) is 0 Å². The van der Waals surface area contributed by atoms with Crippen LogP contribution in [0.25, 0.3) is 0 Å². The van der Waals surface area contributed by atoms with E-state index in [1.54, 1.807) is 0 Å². The van der Waals surface area contributed by atoms with Crippen molar-refractivity contribution in [2.45, 2.75) is 6.92 Å². The molecule has 0 unspecified atom stereocenters. The fourth-order valence-electron chi connectivity index (χ4n) is 1.36. The summed E-state index contributed by atoms with van der Waals surface area (Å²) in [6.45, 7) is 2.01. The molecule has 1 aromatic heterocycles. The molecule has 0 atom stereocenters. The summed E-state index contributed by atoms with van der Waals surface area (Å²) in [6, 6.07) is 6.07. The van der Waals surface area contributed by atoms with Gasteiger partial charge in [-0.3, -0.25) is 0 Å². The van der Waals surface area contributed by atoms with Crippen molar-refractivity contribution in [1.82, 2.24) is 15.0 Å². The standard InChI is InChI=1S/C11H12BrN5O/c1-6-3-4-8(7(12)5-6)14-10-15-9(13)16-11(17-10)18-2/h3-5H,1-2H3,(H3,13,14,15,16,17). The van der Waals surface area contributed by atoms with Gasteiger partial charge in [0, 0.05) is 4.47 Å². The number of rotatable bonds is 3. The Hall–Kier alpha value is -1.89. The number of hydrogen-bond donors (Lipinski definition) is 2. The fourth-order valence-corrected chi connectivity index (χ4v) is 1.95. The van der Waals surface area contributed by atoms with E-state index < -0.39 is 0 Å². The molecular formula is C11H12BrN5O. The van der Waals surface area contributed by atoms with E-state index in [-0.39, 0.29) is 12.0 Å².